The minimum atomic E-state index is -0.121. The van der Waals surface area contributed by atoms with Crippen LogP contribution in [0.15, 0.2) is 46.6 Å². The molecule has 3 nitrogen and oxygen atoms in total. The van der Waals surface area contributed by atoms with Crippen LogP contribution in [0.2, 0.25) is 0 Å². The number of phenols is 1. The number of nitrogens with zero attached hydrogens (tertiary/aromatic N) is 2. The average molecular weight is 294 g/mol. The largest absolute Gasteiger partial charge is 0.505 e. The fourth-order valence-corrected chi connectivity index (χ4v) is 3.02. The Balaban J connectivity index is 1.96. The Morgan fingerprint density at radius 2 is 1.59 bits per heavy atom. The molecule has 0 heterocycles. The number of hydrogen-bond donors (Lipinski definition) is 1. The Bertz CT molecular complexity index is 727. The Labute approximate surface area is 131 Å². The number of fused-ring (bicyclic) bond motifs is 1. The maximum atomic E-state index is 10.4. The van der Waals surface area contributed by atoms with E-state index >= 15 is 0 Å². The molecule has 1 N–H and O–H groups in total. The topological polar surface area (TPSA) is 45.0 Å². The normalized spacial score (nSPS) is 14.5. The van der Waals surface area contributed by atoms with Crippen LogP contribution in [0.4, 0.5) is 11.4 Å². The van der Waals surface area contributed by atoms with E-state index < -0.39 is 0 Å². The SMILES string of the molecule is CC(C)(C)c1cccc(N=Nc2cccc3c2CCC3)c1O. The lowest BCUT2D eigenvalue weighted by Crippen LogP contribution is -2.10. The van der Waals surface area contributed by atoms with Gasteiger partial charge in [0.15, 0.2) is 0 Å². The van der Waals surface area contributed by atoms with E-state index in [0.717, 1.165) is 24.1 Å². The van der Waals surface area contributed by atoms with Crippen LogP contribution in [-0.2, 0) is 18.3 Å². The molecular formula is C19H22N2O. The van der Waals surface area contributed by atoms with E-state index in [1.54, 1.807) is 6.07 Å². The van der Waals surface area contributed by atoms with E-state index in [-0.39, 0.29) is 11.2 Å². The minimum absolute atomic E-state index is 0.121. The standard InChI is InChI=1S/C19H22N2O/c1-19(2,3)15-10-6-12-17(18(15)22)21-20-16-11-5-8-13-7-4-9-14(13)16/h5-6,8,10-12,22H,4,7,9H2,1-3H3. The van der Waals surface area contributed by atoms with Crippen LogP contribution in [-0.4, -0.2) is 5.11 Å². The van der Waals surface area contributed by atoms with Gasteiger partial charge in [-0.2, -0.15) is 5.11 Å². The zero-order valence-electron chi connectivity index (χ0n) is 13.4. The van der Waals surface area contributed by atoms with Crippen molar-refractivity contribution in [3.05, 3.63) is 53.1 Å². The van der Waals surface area contributed by atoms with Gasteiger partial charge < -0.3 is 5.11 Å². The first kappa shape index (κ1) is 14.8. The molecule has 0 saturated carbocycles. The molecule has 3 rings (SSSR count). The van der Waals surface area contributed by atoms with Gasteiger partial charge in [0, 0.05) is 5.56 Å². The van der Waals surface area contributed by atoms with Gasteiger partial charge in [-0.3, -0.25) is 0 Å². The minimum Gasteiger partial charge on any atom is -0.505 e. The number of rotatable bonds is 2. The Kier molecular flexibility index (Phi) is 3.73. The highest BCUT2D eigenvalue weighted by atomic mass is 16.3. The van der Waals surface area contributed by atoms with Crippen LogP contribution in [0.3, 0.4) is 0 Å². The second-order valence-electron chi connectivity index (χ2n) is 6.89. The summed E-state index contributed by atoms with van der Waals surface area (Å²) >= 11 is 0. The van der Waals surface area contributed by atoms with Crippen molar-refractivity contribution in [2.45, 2.75) is 45.4 Å². The van der Waals surface area contributed by atoms with Crippen molar-refractivity contribution in [3.63, 3.8) is 0 Å². The van der Waals surface area contributed by atoms with Gasteiger partial charge in [-0.1, -0.05) is 45.0 Å². The summed E-state index contributed by atoms with van der Waals surface area (Å²) in [5, 5.41) is 19.1. The molecule has 2 aromatic carbocycles. The lowest BCUT2D eigenvalue weighted by atomic mass is 9.86. The number of hydrogen-bond acceptors (Lipinski definition) is 3. The van der Waals surface area contributed by atoms with Crippen LogP contribution in [0.25, 0.3) is 0 Å². The number of azo groups is 1. The summed E-state index contributed by atoms with van der Waals surface area (Å²) in [5.41, 5.74) is 4.91. The van der Waals surface area contributed by atoms with Crippen molar-refractivity contribution in [1.29, 1.82) is 0 Å². The molecule has 3 heteroatoms. The quantitative estimate of drug-likeness (QED) is 0.720. The van der Waals surface area contributed by atoms with Crippen LogP contribution in [0.5, 0.6) is 5.75 Å². The number of aryl methyl sites for hydroxylation is 1. The first-order valence-corrected chi connectivity index (χ1v) is 7.82. The van der Waals surface area contributed by atoms with Crippen LogP contribution >= 0.6 is 0 Å². The highest BCUT2D eigenvalue weighted by Gasteiger charge is 2.20. The zero-order valence-corrected chi connectivity index (χ0v) is 13.4. The van der Waals surface area contributed by atoms with E-state index in [1.165, 1.54) is 17.5 Å². The highest BCUT2D eigenvalue weighted by molar-refractivity contribution is 5.58. The summed E-state index contributed by atoms with van der Waals surface area (Å²) in [6.07, 6.45) is 3.38. The van der Waals surface area contributed by atoms with Gasteiger partial charge in [0.1, 0.15) is 11.4 Å². The summed E-state index contributed by atoms with van der Waals surface area (Å²) in [6, 6.07) is 11.9. The molecule has 22 heavy (non-hydrogen) atoms. The maximum absolute atomic E-state index is 10.4. The maximum Gasteiger partial charge on any atom is 0.146 e. The van der Waals surface area contributed by atoms with Gasteiger partial charge in [-0.15, -0.1) is 5.11 Å². The van der Waals surface area contributed by atoms with Gasteiger partial charge in [0.05, 0.1) is 5.69 Å². The van der Waals surface area contributed by atoms with Gasteiger partial charge in [-0.05, 0) is 47.9 Å². The molecule has 1 aliphatic rings. The van der Waals surface area contributed by atoms with E-state index in [1.807, 2.05) is 24.3 Å². The van der Waals surface area contributed by atoms with Crippen molar-refractivity contribution >= 4 is 11.4 Å². The van der Waals surface area contributed by atoms with Crippen molar-refractivity contribution < 1.29 is 5.11 Å². The molecular weight excluding hydrogens is 272 g/mol. The molecule has 0 saturated heterocycles. The summed E-state index contributed by atoms with van der Waals surface area (Å²) in [4.78, 5) is 0. The van der Waals surface area contributed by atoms with Crippen LogP contribution in [0, 0.1) is 0 Å². The molecule has 0 unspecified atom stereocenters. The van der Waals surface area contributed by atoms with E-state index in [0.29, 0.717) is 5.69 Å². The van der Waals surface area contributed by atoms with Crippen molar-refractivity contribution in [3.8, 4) is 5.75 Å². The second-order valence-corrected chi connectivity index (χ2v) is 6.89. The summed E-state index contributed by atoms with van der Waals surface area (Å²) < 4.78 is 0. The molecule has 0 atom stereocenters. The average Bonchev–Trinajstić information content (AvgIpc) is 2.94. The summed E-state index contributed by atoms with van der Waals surface area (Å²) in [7, 11) is 0. The lowest BCUT2D eigenvalue weighted by Gasteiger charge is -2.20. The van der Waals surface area contributed by atoms with Crippen LogP contribution < -0.4 is 0 Å². The van der Waals surface area contributed by atoms with Gasteiger partial charge >= 0.3 is 0 Å². The molecule has 1 aliphatic carbocycles. The number of aromatic hydroxyl groups is 1. The van der Waals surface area contributed by atoms with Crippen molar-refractivity contribution in [1.82, 2.24) is 0 Å². The third-order valence-corrected chi connectivity index (χ3v) is 4.21. The molecule has 0 fully saturated rings. The monoisotopic (exact) mass is 294 g/mol. The number of benzene rings is 2. The summed E-state index contributed by atoms with van der Waals surface area (Å²) in [6.45, 7) is 6.23. The van der Waals surface area contributed by atoms with E-state index in [9.17, 15) is 5.11 Å². The third-order valence-electron chi connectivity index (χ3n) is 4.21. The Morgan fingerprint density at radius 1 is 0.909 bits per heavy atom. The second kappa shape index (κ2) is 5.56. The number of para-hydroxylation sites is 1. The van der Waals surface area contributed by atoms with Crippen LogP contribution in [0.1, 0.15) is 43.9 Å². The predicted molar refractivity (Wildman–Crippen MR) is 89.4 cm³/mol. The van der Waals surface area contributed by atoms with Gasteiger partial charge in [0.2, 0.25) is 0 Å². The molecule has 114 valence electrons. The molecule has 0 amide bonds. The number of phenolic OH excluding ortho intramolecular Hbond substituents is 1. The molecule has 0 spiro atoms. The fourth-order valence-electron chi connectivity index (χ4n) is 3.02. The fraction of sp³-hybridized carbons (Fsp3) is 0.368. The Morgan fingerprint density at radius 3 is 2.36 bits per heavy atom. The molecule has 2 aromatic rings. The third kappa shape index (κ3) is 2.76. The van der Waals surface area contributed by atoms with Gasteiger partial charge in [-0.25, -0.2) is 0 Å². The van der Waals surface area contributed by atoms with Crippen molar-refractivity contribution in [2.75, 3.05) is 0 Å². The van der Waals surface area contributed by atoms with E-state index in [2.05, 4.69) is 37.1 Å². The summed E-state index contributed by atoms with van der Waals surface area (Å²) in [5.74, 6) is 0.228. The smallest absolute Gasteiger partial charge is 0.146 e. The molecule has 0 radical (unpaired) electrons. The molecule has 0 bridgehead atoms. The van der Waals surface area contributed by atoms with Crippen molar-refractivity contribution in [2.24, 2.45) is 10.2 Å². The highest BCUT2D eigenvalue weighted by Crippen LogP contribution is 2.39. The lowest BCUT2D eigenvalue weighted by molar-refractivity contribution is 0.448. The first-order valence-electron chi connectivity index (χ1n) is 7.82. The molecule has 0 aromatic heterocycles. The zero-order chi connectivity index (χ0) is 15.7. The molecule has 0 aliphatic heterocycles. The Hall–Kier alpha value is -2.16. The van der Waals surface area contributed by atoms with E-state index in [4.69, 9.17) is 0 Å². The first-order chi connectivity index (χ1) is 10.5. The van der Waals surface area contributed by atoms with Gasteiger partial charge in [0.25, 0.3) is 0 Å². The predicted octanol–water partition coefficient (Wildman–Crippen LogP) is 5.59.